The molecule has 1 aliphatic heterocycles. The van der Waals surface area contributed by atoms with Crippen molar-refractivity contribution < 1.29 is 9.35 Å². The van der Waals surface area contributed by atoms with E-state index in [1.165, 1.54) is 0 Å². The molecule has 1 atom stereocenters. The fraction of sp³-hybridized carbons (Fsp3) is 0.304. The van der Waals surface area contributed by atoms with Gasteiger partial charge in [0, 0.05) is 35.8 Å². The van der Waals surface area contributed by atoms with Gasteiger partial charge >= 0.3 is 0 Å². The molecule has 3 aromatic rings. The molecule has 0 radical (unpaired) electrons. The number of pyridine rings is 2. The van der Waals surface area contributed by atoms with Crippen molar-refractivity contribution in [1.29, 1.82) is 5.26 Å². The molecule has 8 heteroatoms. The summed E-state index contributed by atoms with van der Waals surface area (Å²) in [4.78, 5) is 24.8. The number of nitrogens with one attached hydrogen (secondary N) is 2. The molecule has 0 fully saturated rings. The molecule has 0 saturated carbocycles. The van der Waals surface area contributed by atoms with Gasteiger partial charge in [-0.2, -0.15) is 5.26 Å². The Kier molecular flexibility index (Phi) is 5.81. The largest absolute Gasteiger partial charge is 0.616 e. The first-order valence-electron chi connectivity index (χ1n) is 10.0. The molecule has 4 heterocycles. The fourth-order valence-electron chi connectivity index (χ4n) is 3.33. The van der Waals surface area contributed by atoms with Crippen molar-refractivity contribution in [3.05, 3.63) is 54.0 Å². The van der Waals surface area contributed by atoms with Crippen LogP contribution in [0.3, 0.4) is 0 Å². The standard InChI is InChI=1S/C23H23N5O2S/c1-23(2,13-24)14-26-22(29)19-5-3-4-18(27-19)17-10-16-11-20(28-21(16)25-12-17)15-6-8-31(30)9-7-15/h3-6,10-12H,7-9,14H2,1-2H3,(H,25,28)(H,26,29). The van der Waals surface area contributed by atoms with Gasteiger partial charge in [0.1, 0.15) is 22.8 Å². The summed E-state index contributed by atoms with van der Waals surface area (Å²) in [5.74, 6) is 0.961. The first-order valence-corrected chi connectivity index (χ1v) is 11.5. The van der Waals surface area contributed by atoms with Gasteiger partial charge in [-0.05, 0) is 60.9 Å². The summed E-state index contributed by atoms with van der Waals surface area (Å²) in [6, 6.07) is 11.5. The molecule has 1 unspecified atom stereocenters. The average Bonchev–Trinajstić information content (AvgIpc) is 3.21. The molecule has 0 aromatic carbocycles. The Morgan fingerprint density at radius 1 is 1.39 bits per heavy atom. The molecule has 1 aliphatic rings. The first-order chi connectivity index (χ1) is 14.8. The lowest BCUT2D eigenvalue weighted by Gasteiger charge is -2.15. The van der Waals surface area contributed by atoms with Crippen LogP contribution in [-0.4, -0.2) is 43.5 Å². The molecular weight excluding hydrogens is 410 g/mol. The highest BCUT2D eigenvalue weighted by molar-refractivity contribution is 7.91. The maximum Gasteiger partial charge on any atom is 0.269 e. The molecule has 31 heavy (non-hydrogen) atoms. The number of hydrogen-bond acceptors (Lipinski definition) is 5. The summed E-state index contributed by atoms with van der Waals surface area (Å²) in [7, 11) is 0. The first kappa shape index (κ1) is 21.1. The average molecular weight is 434 g/mol. The Bertz CT molecular complexity index is 1210. The number of fused-ring (bicyclic) bond motifs is 1. The van der Waals surface area contributed by atoms with E-state index >= 15 is 0 Å². The predicted molar refractivity (Wildman–Crippen MR) is 122 cm³/mol. The number of nitriles is 1. The summed E-state index contributed by atoms with van der Waals surface area (Å²) in [5, 5.41) is 12.8. The van der Waals surface area contributed by atoms with Gasteiger partial charge in [0.25, 0.3) is 5.91 Å². The highest BCUT2D eigenvalue weighted by Gasteiger charge is 2.19. The summed E-state index contributed by atoms with van der Waals surface area (Å²) >= 11 is -0.757. The van der Waals surface area contributed by atoms with Gasteiger partial charge in [-0.25, -0.2) is 9.97 Å². The topological polar surface area (TPSA) is 118 Å². The van der Waals surface area contributed by atoms with Gasteiger partial charge in [0.2, 0.25) is 0 Å². The van der Waals surface area contributed by atoms with E-state index in [9.17, 15) is 9.35 Å². The van der Waals surface area contributed by atoms with Crippen LogP contribution in [0.5, 0.6) is 0 Å². The summed E-state index contributed by atoms with van der Waals surface area (Å²) in [6.45, 7) is 3.79. The van der Waals surface area contributed by atoms with Crippen LogP contribution in [0.1, 0.15) is 36.5 Å². The highest BCUT2D eigenvalue weighted by atomic mass is 32.2. The van der Waals surface area contributed by atoms with E-state index in [0.29, 0.717) is 22.9 Å². The van der Waals surface area contributed by atoms with Crippen LogP contribution in [0, 0.1) is 16.7 Å². The van der Waals surface area contributed by atoms with E-state index in [1.807, 2.05) is 24.3 Å². The van der Waals surface area contributed by atoms with Gasteiger partial charge in [-0.3, -0.25) is 4.79 Å². The number of carbonyl (C=O) groups excluding carboxylic acids is 1. The van der Waals surface area contributed by atoms with Crippen molar-refractivity contribution in [3.8, 4) is 17.3 Å². The van der Waals surface area contributed by atoms with E-state index in [2.05, 4.69) is 26.3 Å². The maximum atomic E-state index is 12.5. The van der Waals surface area contributed by atoms with Gasteiger partial charge in [0.05, 0.1) is 17.2 Å². The number of amides is 1. The number of nitrogens with zero attached hydrogens (tertiary/aromatic N) is 3. The monoisotopic (exact) mass is 433 g/mol. The molecule has 0 bridgehead atoms. The predicted octanol–water partition coefficient (Wildman–Crippen LogP) is 3.44. The van der Waals surface area contributed by atoms with Gasteiger partial charge in [-0.1, -0.05) is 6.07 Å². The zero-order valence-corrected chi connectivity index (χ0v) is 18.3. The zero-order chi connectivity index (χ0) is 22.0. The summed E-state index contributed by atoms with van der Waals surface area (Å²) in [5.41, 5.74) is 4.05. The van der Waals surface area contributed by atoms with Crippen LogP contribution in [0.25, 0.3) is 27.9 Å². The number of aromatic amines is 1. The maximum absolute atomic E-state index is 12.5. The van der Waals surface area contributed by atoms with Crippen molar-refractivity contribution in [2.24, 2.45) is 5.41 Å². The molecule has 4 rings (SSSR count). The quantitative estimate of drug-likeness (QED) is 0.598. The minimum atomic E-state index is -0.757. The van der Waals surface area contributed by atoms with Crippen LogP contribution in [0.2, 0.25) is 0 Å². The Labute approximate surface area is 183 Å². The van der Waals surface area contributed by atoms with Crippen molar-refractivity contribution in [2.45, 2.75) is 20.3 Å². The normalized spacial score (nSPS) is 16.6. The van der Waals surface area contributed by atoms with E-state index in [0.717, 1.165) is 34.3 Å². The van der Waals surface area contributed by atoms with Crippen LogP contribution in [-0.2, 0) is 11.2 Å². The van der Waals surface area contributed by atoms with Crippen molar-refractivity contribution >= 4 is 33.7 Å². The van der Waals surface area contributed by atoms with Crippen molar-refractivity contribution in [2.75, 3.05) is 18.1 Å². The van der Waals surface area contributed by atoms with Crippen LogP contribution in [0.4, 0.5) is 0 Å². The van der Waals surface area contributed by atoms with Crippen molar-refractivity contribution in [1.82, 2.24) is 20.3 Å². The Hall–Kier alpha value is -3.15. The van der Waals surface area contributed by atoms with Crippen LogP contribution in [0.15, 0.2) is 42.6 Å². The zero-order valence-electron chi connectivity index (χ0n) is 17.4. The Morgan fingerprint density at radius 2 is 2.23 bits per heavy atom. The van der Waals surface area contributed by atoms with Crippen LogP contribution >= 0.6 is 0 Å². The lowest BCUT2D eigenvalue weighted by Crippen LogP contribution is -2.33. The number of allylic oxidation sites excluding steroid dienone is 1. The van der Waals surface area contributed by atoms with E-state index in [1.54, 1.807) is 32.2 Å². The summed E-state index contributed by atoms with van der Waals surface area (Å²) in [6.07, 6.45) is 4.55. The van der Waals surface area contributed by atoms with E-state index < -0.39 is 16.6 Å². The molecule has 0 aliphatic carbocycles. The lowest BCUT2D eigenvalue weighted by atomic mass is 9.96. The third-order valence-electron chi connectivity index (χ3n) is 5.20. The van der Waals surface area contributed by atoms with Gasteiger partial charge < -0.3 is 14.9 Å². The molecule has 3 aromatic heterocycles. The molecule has 7 nitrogen and oxygen atoms in total. The Balaban J connectivity index is 1.57. The van der Waals surface area contributed by atoms with E-state index in [4.69, 9.17) is 5.26 Å². The summed E-state index contributed by atoms with van der Waals surface area (Å²) < 4.78 is 11.6. The lowest BCUT2D eigenvalue weighted by molar-refractivity contribution is 0.0939. The molecule has 0 saturated heterocycles. The second-order valence-corrected chi connectivity index (χ2v) is 9.84. The molecule has 0 spiro atoms. The smallest absolute Gasteiger partial charge is 0.269 e. The highest BCUT2D eigenvalue weighted by Crippen LogP contribution is 2.28. The molecular formula is C23H23N5O2S. The van der Waals surface area contributed by atoms with Crippen molar-refractivity contribution in [3.63, 3.8) is 0 Å². The fourth-order valence-corrected chi connectivity index (χ4v) is 4.33. The second kappa shape index (κ2) is 8.53. The third kappa shape index (κ3) is 4.79. The number of carbonyl (C=O) groups is 1. The van der Waals surface area contributed by atoms with Crippen LogP contribution < -0.4 is 5.32 Å². The van der Waals surface area contributed by atoms with Gasteiger partial charge in [0.15, 0.2) is 0 Å². The van der Waals surface area contributed by atoms with E-state index in [-0.39, 0.29) is 12.5 Å². The third-order valence-corrected chi connectivity index (χ3v) is 6.40. The Morgan fingerprint density at radius 3 is 2.97 bits per heavy atom. The minimum absolute atomic E-state index is 0.247. The van der Waals surface area contributed by atoms with Gasteiger partial charge in [-0.15, -0.1) is 0 Å². The minimum Gasteiger partial charge on any atom is -0.616 e. The molecule has 1 amide bonds. The second-order valence-electron chi connectivity index (χ2n) is 8.22. The number of hydrogen-bond donors (Lipinski definition) is 2. The number of rotatable bonds is 5. The number of H-pyrrole nitrogens is 1. The molecule has 158 valence electrons. The SMILES string of the molecule is CC(C)(C#N)CNC(=O)c1cccc(-c2cnc3[nH]c(C4=CC[S+]([O-])CC4)cc3c2)n1. The number of aromatic nitrogens is 3. The molecule has 2 N–H and O–H groups in total.